The zero-order valence-electron chi connectivity index (χ0n) is 15.5. The zero-order valence-corrected chi connectivity index (χ0v) is 17.0. The number of hydrogen-bond donors (Lipinski definition) is 3. The average Bonchev–Trinajstić information content (AvgIpc) is 2.68. The number of guanidine groups is 1. The normalized spacial score (nSPS) is 11.2. The molecule has 0 heterocycles. The molecule has 0 aliphatic rings. The molecule has 0 radical (unpaired) electrons. The highest BCUT2D eigenvalue weighted by Crippen LogP contribution is 2.21. The van der Waals surface area contributed by atoms with Crippen LogP contribution in [0, 0.1) is 0 Å². The molecule has 7 heteroatoms. The van der Waals surface area contributed by atoms with Crippen molar-refractivity contribution in [3.8, 4) is 0 Å². The van der Waals surface area contributed by atoms with Crippen molar-refractivity contribution in [1.82, 2.24) is 16.0 Å². The van der Waals surface area contributed by atoms with Crippen LogP contribution in [-0.2, 0) is 13.0 Å². The quantitative estimate of drug-likeness (QED) is 0.373. The lowest BCUT2D eigenvalue weighted by Gasteiger charge is -2.12. The Morgan fingerprint density at radius 2 is 1.81 bits per heavy atom. The number of benzene rings is 2. The largest absolute Gasteiger partial charge is 0.356 e. The number of nitrogens with one attached hydrogen (secondary N) is 3. The van der Waals surface area contributed by atoms with E-state index in [2.05, 4.69) is 20.9 Å². The first-order valence-corrected chi connectivity index (χ1v) is 9.48. The summed E-state index contributed by atoms with van der Waals surface area (Å²) in [4.78, 5) is 15.8. The number of aliphatic imine (C=N–C) groups is 1. The van der Waals surface area contributed by atoms with Gasteiger partial charge < -0.3 is 16.0 Å². The van der Waals surface area contributed by atoms with Crippen molar-refractivity contribution in [3.05, 3.63) is 69.2 Å². The maximum Gasteiger partial charge on any atom is 0.251 e. The van der Waals surface area contributed by atoms with Crippen LogP contribution in [0.2, 0.25) is 10.0 Å². The fraction of sp³-hybridized carbons (Fsp3) is 0.300. The summed E-state index contributed by atoms with van der Waals surface area (Å²) in [6.45, 7) is 1.39. The Balaban J connectivity index is 1.75. The Labute approximate surface area is 170 Å². The Morgan fingerprint density at radius 1 is 1.07 bits per heavy atom. The second-order valence-corrected chi connectivity index (χ2v) is 6.81. The second kappa shape index (κ2) is 10.8. The lowest BCUT2D eigenvalue weighted by molar-refractivity contribution is 0.0963. The van der Waals surface area contributed by atoms with Crippen LogP contribution in [0.1, 0.15) is 27.9 Å². The van der Waals surface area contributed by atoms with Crippen LogP contribution in [0.15, 0.2) is 47.5 Å². The fourth-order valence-corrected chi connectivity index (χ4v) is 3.04. The van der Waals surface area contributed by atoms with Gasteiger partial charge in [-0.1, -0.05) is 41.4 Å². The van der Waals surface area contributed by atoms with E-state index < -0.39 is 0 Å². The Hall–Kier alpha value is -2.24. The number of halogens is 2. The molecule has 2 aromatic carbocycles. The first-order valence-electron chi connectivity index (χ1n) is 8.73. The molecule has 5 nitrogen and oxygen atoms in total. The van der Waals surface area contributed by atoms with Crippen LogP contribution >= 0.6 is 23.2 Å². The van der Waals surface area contributed by atoms with Gasteiger partial charge in [-0.3, -0.25) is 9.79 Å². The molecule has 1 amide bonds. The second-order valence-electron chi connectivity index (χ2n) is 5.97. The summed E-state index contributed by atoms with van der Waals surface area (Å²) < 4.78 is 0. The van der Waals surface area contributed by atoms with Gasteiger partial charge in [-0.2, -0.15) is 0 Å². The summed E-state index contributed by atoms with van der Waals surface area (Å²) in [5.41, 5.74) is 2.80. The van der Waals surface area contributed by atoms with E-state index in [1.807, 2.05) is 36.4 Å². The molecular weight excluding hydrogens is 383 g/mol. The molecule has 0 spiro atoms. The molecular formula is C20H24Cl2N4O. The number of hydrogen-bond acceptors (Lipinski definition) is 2. The molecule has 2 aromatic rings. The number of amides is 1. The predicted octanol–water partition coefficient (Wildman–Crippen LogP) is 3.65. The molecule has 0 saturated carbocycles. The van der Waals surface area contributed by atoms with Crippen molar-refractivity contribution in [3.63, 3.8) is 0 Å². The minimum absolute atomic E-state index is 0.0900. The standard InChI is InChI=1S/C20H24Cl2N4O/c1-23-19(27)16-7-5-14(6-8-16)13-26-20(24-2)25-11-3-4-15-9-10-17(21)12-18(15)22/h5-10,12H,3-4,11,13H2,1-2H3,(H,23,27)(H2,24,25,26). The van der Waals surface area contributed by atoms with Gasteiger partial charge in [0.05, 0.1) is 0 Å². The number of rotatable bonds is 7. The van der Waals surface area contributed by atoms with Crippen LogP contribution in [0.4, 0.5) is 0 Å². The van der Waals surface area contributed by atoms with Gasteiger partial charge in [-0.15, -0.1) is 0 Å². The van der Waals surface area contributed by atoms with Crippen LogP contribution in [0.5, 0.6) is 0 Å². The van der Waals surface area contributed by atoms with Crippen molar-refractivity contribution < 1.29 is 4.79 Å². The van der Waals surface area contributed by atoms with Crippen molar-refractivity contribution >= 4 is 35.1 Å². The van der Waals surface area contributed by atoms with Crippen molar-refractivity contribution in [2.75, 3.05) is 20.6 Å². The van der Waals surface area contributed by atoms with E-state index in [-0.39, 0.29) is 5.91 Å². The number of aryl methyl sites for hydroxylation is 1. The van der Waals surface area contributed by atoms with Crippen molar-refractivity contribution in [2.45, 2.75) is 19.4 Å². The van der Waals surface area contributed by atoms with Crippen LogP contribution in [-0.4, -0.2) is 32.5 Å². The third-order valence-corrected chi connectivity index (χ3v) is 4.64. The van der Waals surface area contributed by atoms with E-state index in [1.165, 1.54) is 0 Å². The highest BCUT2D eigenvalue weighted by atomic mass is 35.5. The van der Waals surface area contributed by atoms with E-state index in [9.17, 15) is 4.79 Å². The molecule has 2 rings (SSSR count). The zero-order chi connectivity index (χ0) is 19.6. The summed E-state index contributed by atoms with van der Waals surface area (Å²) in [6, 6.07) is 13.0. The van der Waals surface area contributed by atoms with Gasteiger partial charge in [0.25, 0.3) is 5.91 Å². The minimum Gasteiger partial charge on any atom is -0.356 e. The van der Waals surface area contributed by atoms with Gasteiger partial charge in [0.2, 0.25) is 0 Å². The van der Waals surface area contributed by atoms with Gasteiger partial charge in [-0.05, 0) is 48.2 Å². The maximum absolute atomic E-state index is 11.6. The first kappa shape index (κ1) is 21.1. The smallest absolute Gasteiger partial charge is 0.251 e. The Bertz CT molecular complexity index is 791. The van der Waals surface area contributed by atoms with E-state index in [4.69, 9.17) is 23.2 Å². The van der Waals surface area contributed by atoms with Gasteiger partial charge in [0.1, 0.15) is 0 Å². The number of nitrogens with zero attached hydrogens (tertiary/aromatic N) is 1. The third-order valence-electron chi connectivity index (χ3n) is 4.06. The third kappa shape index (κ3) is 6.77. The predicted molar refractivity (Wildman–Crippen MR) is 113 cm³/mol. The highest BCUT2D eigenvalue weighted by Gasteiger charge is 2.04. The summed E-state index contributed by atoms with van der Waals surface area (Å²) in [5.74, 6) is 0.639. The average molecular weight is 407 g/mol. The molecule has 0 bridgehead atoms. The molecule has 0 aliphatic heterocycles. The van der Waals surface area contributed by atoms with E-state index in [0.29, 0.717) is 22.2 Å². The summed E-state index contributed by atoms with van der Waals surface area (Å²) in [6.07, 6.45) is 1.78. The van der Waals surface area contributed by atoms with Crippen LogP contribution in [0.3, 0.4) is 0 Å². The molecule has 0 aliphatic carbocycles. The minimum atomic E-state index is -0.0900. The highest BCUT2D eigenvalue weighted by molar-refractivity contribution is 6.35. The van der Waals surface area contributed by atoms with Crippen LogP contribution in [0.25, 0.3) is 0 Å². The first-order chi connectivity index (χ1) is 13.0. The molecule has 0 unspecified atom stereocenters. The molecule has 0 atom stereocenters. The Morgan fingerprint density at radius 3 is 2.44 bits per heavy atom. The van der Waals surface area contributed by atoms with Gasteiger partial charge >= 0.3 is 0 Å². The maximum atomic E-state index is 11.6. The van der Waals surface area contributed by atoms with Crippen LogP contribution < -0.4 is 16.0 Å². The van der Waals surface area contributed by atoms with E-state index in [0.717, 1.165) is 36.5 Å². The summed E-state index contributed by atoms with van der Waals surface area (Å²) in [5, 5.41) is 10.5. The van der Waals surface area contributed by atoms with Crippen molar-refractivity contribution in [2.24, 2.45) is 4.99 Å². The molecule has 0 saturated heterocycles. The lowest BCUT2D eigenvalue weighted by atomic mass is 10.1. The fourth-order valence-electron chi connectivity index (χ4n) is 2.53. The SMILES string of the molecule is CN=C(NCCCc1ccc(Cl)cc1Cl)NCc1ccc(C(=O)NC)cc1. The molecule has 3 N–H and O–H groups in total. The monoisotopic (exact) mass is 406 g/mol. The molecule has 144 valence electrons. The number of carbonyl (C=O) groups excluding carboxylic acids is 1. The Kier molecular flexibility index (Phi) is 8.43. The summed E-state index contributed by atoms with van der Waals surface area (Å²) in [7, 11) is 3.36. The van der Waals surface area contributed by atoms with Crippen molar-refractivity contribution in [1.29, 1.82) is 0 Å². The lowest BCUT2D eigenvalue weighted by Crippen LogP contribution is -2.37. The van der Waals surface area contributed by atoms with Gasteiger partial charge in [0.15, 0.2) is 5.96 Å². The summed E-state index contributed by atoms with van der Waals surface area (Å²) >= 11 is 12.1. The van der Waals surface area contributed by atoms with E-state index >= 15 is 0 Å². The van der Waals surface area contributed by atoms with Gasteiger partial charge in [0, 0.05) is 42.8 Å². The molecule has 0 fully saturated rings. The van der Waals surface area contributed by atoms with Gasteiger partial charge in [-0.25, -0.2) is 0 Å². The van der Waals surface area contributed by atoms with E-state index in [1.54, 1.807) is 20.2 Å². The molecule has 0 aromatic heterocycles. The number of carbonyl (C=O) groups is 1. The topological polar surface area (TPSA) is 65.5 Å². The molecule has 27 heavy (non-hydrogen) atoms.